The van der Waals surface area contributed by atoms with Gasteiger partial charge in [0, 0.05) is 29.4 Å². The van der Waals surface area contributed by atoms with E-state index in [1.54, 1.807) is 37.4 Å². The Hall–Kier alpha value is -4.38. The number of thioether (sulfide) groups is 1. The maximum absolute atomic E-state index is 12.7. The van der Waals surface area contributed by atoms with Gasteiger partial charge in [-0.1, -0.05) is 30.0 Å². The zero-order chi connectivity index (χ0) is 24.8. The van der Waals surface area contributed by atoms with E-state index in [0.717, 1.165) is 5.69 Å². The fraction of sp³-hybridized carbons (Fsp3) is 0.125. The van der Waals surface area contributed by atoms with Gasteiger partial charge in [0.2, 0.25) is 5.91 Å². The molecule has 0 spiro atoms. The van der Waals surface area contributed by atoms with Crippen LogP contribution in [-0.2, 0) is 4.79 Å². The van der Waals surface area contributed by atoms with Crippen molar-refractivity contribution in [3.63, 3.8) is 0 Å². The van der Waals surface area contributed by atoms with Crippen LogP contribution in [0.2, 0.25) is 0 Å². The molecule has 11 heteroatoms. The van der Waals surface area contributed by atoms with Crippen molar-refractivity contribution in [1.29, 1.82) is 0 Å². The summed E-state index contributed by atoms with van der Waals surface area (Å²) >= 11 is 1.22. The Kier molecular flexibility index (Phi) is 7.27. The van der Waals surface area contributed by atoms with E-state index in [2.05, 4.69) is 15.5 Å². The van der Waals surface area contributed by atoms with Crippen molar-refractivity contribution in [3.05, 3.63) is 82.9 Å². The Bertz CT molecular complexity index is 1340. The predicted molar refractivity (Wildman–Crippen MR) is 132 cm³/mol. The summed E-state index contributed by atoms with van der Waals surface area (Å²) in [5, 5.41) is 22.9. The SMILES string of the molecule is COc1ccc(NC(=O)CSc2nnc(-c3ccc([N+](=O)[O-])cc3)n2-c2ccccc2)c(OC)c1. The number of nitrogens with one attached hydrogen (secondary N) is 1. The first kappa shape index (κ1) is 23.8. The molecule has 0 aliphatic rings. The Morgan fingerprint density at radius 1 is 1.03 bits per heavy atom. The highest BCUT2D eigenvalue weighted by Crippen LogP contribution is 2.31. The molecular formula is C24H21N5O5S. The van der Waals surface area contributed by atoms with Crippen molar-refractivity contribution in [2.45, 2.75) is 5.16 Å². The number of amides is 1. The predicted octanol–water partition coefficient (Wildman–Crippen LogP) is 4.59. The summed E-state index contributed by atoms with van der Waals surface area (Å²) < 4.78 is 12.3. The number of anilines is 1. The van der Waals surface area contributed by atoms with E-state index in [1.807, 2.05) is 34.9 Å². The summed E-state index contributed by atoms with van der Waals surface area (Å²) in [5.41, 5.74) is 1.96. The molecule has 0 fully saturated rings. The lowest BCUT2D eigenvalue weighted by molar-refractivity contribution is -0.384. The zero-order valence-electron chi connectivity index (χ0n) is 18.9. The van der Waals surface area contributed by atoms with Gasteiger partial charge in [0.1, 0.15) is 11.5 Å². The lowest BCUT2D eigenvalue weighted by Gasteiger charge is -2.12. The number of aromatic nitrogens is 3. The lowest BCUT2D eigenvalue weighted by atomic mass is 10.2. The van der Waals surface area contributed by atoms with E-state index in [-0.39, 0.29) is 17.3 Å². The van der Waals surface area contributed by atoms with Gasteiger partial charge in [-0.05, 0) is 36.4 Å². The highest BCUT2D eigenvalue weighted by atomic mass is 32.2. The molecular weight excluding hydrogens is 470 g/mol. The van der Waals surface area contributed by atoms with Crippen molar-refractivity contribution >= 4 is 29.0 Å². The maximum atomic E-state index is 12.7. The van der Waals surface area contributed by atoms with E-state index in [1.165, 1.54) is 31.0 Å². The molecule has 0 saturated carbocycles. The van der Waals surface area contributed by atoms with Crippen molar-refractivity contribution in [2.75, 3.05) is 25.3 Å². The standard InChI is InChI=1S/C24H21N5O5S/c1-33-19-12-13-20(21(14-19)34-2)25-22(30)15-35-24-27-26-23(28(24)17-6-4-3-5-7-17)16-8-10-18(11-9-16)29(31)32/h3-14H,15H2,1-2H3,(H,25,30). The summed E-state index contributed by atoms with van der Waals surface area (Å²) in [5.74, 6) is 1.42. The highest BCUT2D eigenvalue weighted by Gasteiger charge is 2.18. The third-order valence-electron chi connectivity index (χ3n) is 5.00. The second kappa shape index (κ2) is 10.7. The maximum Gasteiger partial charge on any atom is 0.269 e. The van der Waals surface area contributed by atoms with Gasteiger partial charge in [0.25, 0.3) is 5.69 Å². The summed E-state index contributed by atoms with van der Waals surface area (Å²) in [4.78, 5) is 23.3. The van der Waals surface area contributed by atoms with Crippen LogP contribution in [0.1, 0.15) is 0 Å². The normalized spacial score (nSPS) is 10.6. The number of nitro groups is 1. The molecule has 4 aromatic rings. The first-order valence-electron chi connectivity index (χ1n) is 10.4. The Labute approximate surface area is 205 Å². The number of benzene rings is 3. The van der Waals surface area contributed by atoms with Crippen LogP contribution in [-0.4, -0.2) is 45.6 Å². The van der Waals surface area contributed by atoms with E-state index in [0.29, 0.717) is 33.7 Å². The van der Waals surface area contributed by atoms with E-state index in [4.69, 9.17) is 9.47 Å². The first-order chi connectivity index (χ1) is 17.0. The van der Waals surface area contributed by atoms with Gasteiger partial charge in [-0.2, -0.15) is 0 Å². The third kappa shape index (κ3) is 5.41. The molecule has 0 aliphatic heterocycles. The molecule has 0 saturated heterocycles. The molecule has 0 aliphatic carbocycles. The smallest absolute Gasteiger partial charge is 0.269 e. The van der Waals surface area contributed by atoms with Crippen LogP contribution in [0.15, 0.2) is 78.0 Å². The van der Waals surface area contributed by atoms with Crippen LogP contribution < -0.4 is 14.8 Å². The summed E-state index contributed by atoms with van der Waals surface area (Å²) in [6, 6.07) is 20.6. The number of ether oxygens (including phenoxy) is 2. The second-order valence-corrected chi connectivity index (χ2v) is 8.13. The average Bonchev–Trinajstić information content (AvgIpc) is 3.32. The number of nitrogens with zero attached hydrogens (tertiary/aromatic N) is 4. The van der Waals surface area contributed by atoms with Gasteiger partial charge in [-0.3, -0.25) is 19.5 Å². The van der Waals surface area contributed by atoms with Gasteiger partial charge >= 0.3 is 0 Å². The summed E-state index contributed by atoms with van der Waals surface area (Å²) in [6.45, 7) is 0. The zero-order valence-corrected chi connectivity index (χ0v) is 19.7. The minimum Gasteiger partial charge on any atom is -0.497 e. The fourth-order valence-electron chi connectivity index (χ4n) is 3.31. The minimum absolute atomic E-state index is 0.0141. The number of para-hydroxylation sites is 1. The van der Waals surface area contributed by atoms with Crippen molar-refractivity contribution in [2.24, 2.45) is 0 Å². The van der Waals surface area contributed by atoms with E-state index >= 15 is 0 Å². The molecule has 0 atom stereocenters. The number of methoxy groups -OCH3 is 2. The van der Waals surface area contributed by atoms with Gasteiger partial charge in [0.15, 0.2) is 11.0 Å². The van der Waals surface area contributed by atoms with Gasteiger partial charge in [-0.25, -0.2) is 0 Å². The van der Waals surface area contributed by atoms with Crippen LogP contribution in [0.3, 0.4) is 0 Å². The topological polar surface area (TPSA) is 121 Å². The van der Waals surface area contributed by atoms with Crippen molar-refractivity contribution in [1.82, 2.24) is 14.8 Å². The number of hydrogen-bond acceptors (Lipinski definition) is 8. The molecule has 4 rings (SSSR count). The van der Waals surface area contributed by atoms with Gasteiger partial charge in [-0.15, -0.1) is 10.2 Å². The number of nitro benzene ring substituents is 1. The van der Waals surface area contributed by atoms with E-state index < -0.39 is 4.92 Å². The second-order valence-electron chi connectivity index (χ2n) is 7.18. The summed E-state index contributed by atoms with van der Waals surface area (Å²) in [7, 11) is 3.07. The largest absolute Gasteiger partial charge is 0.497 e. The van der Waals surface area contributed by atoms with Crippen LogP contribution in [0, 0.1) is 10.1 Å². The number of rotatable bonds is 9. The average molecular weight is 492 g/mol. The van der Waals surface area contributed by atoms with E-state index in [9.17, 15) is 14.9 Å². The molecule has 0 bridgehead atoms. The molecule has 178 valence electrons. The fourth-order valence-corrected chi connectivity index (χ4v) is 4.06. The molecule has 0 unspecified atom stereocenters. The third-order valence-corrected chi connectivity index (χ3v) is 5.93. The highest BCUT2D eigenvalue weighted by molar-refractivity contribution is 7.99. The number of non-ortho nitro benzene ring substituents is 1. The minimum atomic E-state index is -0.455. The molecule has 10 nitrogen and oxygen atoms in total. The molecule has 3 aromatic carbocycles. The van der Waals surface area contributed by atoms with Crippen LogP contribution in [0.4, 0.5) is 11.4 Å². The van der Waals surface area contributed by atoms with Gasteiger partial charge in [0.05, 0.1) is 30.6 Å². The van der Waals surface area contributed by atoms with Crippen molar-refractivity contribution in [3.8, 4) is 28.6 Å². The van der Waals surface area contributed by atoms with Crippen LogP contribution in [0.25, 0.3) is 17.1 Å². The Morgan fingerprint density at radius 3 is 2.43 bits per heavy atom. The molecule has 35 heavy (non-hydrogen) atoms. The number of carbonyl (C=O) groups excluding carboxylic acids is 1. The molecule has 1 amide bonds. The quantitative estimate of drug-likeness (QED) is 0.205. The Morgan fingerprint density at radius 2 is 1.77 bits per heavy atom. The monoisotopic (exact) mass is 491 g/mol. The number of carbonyl (C=O) groups is 1. The van der Waals surface area contributed by atoms with Crippen LogP contribution >= 0.6 is 11.8 Å². The summed E-state index contributed by atoms with van der Waals surface area (Å²) in [6.07, 6.45) is 0. The molecule has 0 radical (unpaired) electrons. The van der Waals surface area contributed by atoms with Crippen molar-refractivity contribution < 1.29 is 19.2 Å². The first-order valence-corrected chi connectivity index (χ1v) is 11.4. The van der Waals surface area contributed by atoms with Gasteiger partial charge < -0.3 is 14.8 Å². The van der Waals surface area contributed by atoms with Crippen LogP contribution in [0.5, 0.6) is 11.5 Å². The lowest BCUT2D eigenvalue weighted by Crippen LogP contribution is -2.15. The molecule has 1 N–H and O–H groups in total. The molecule has 1 aromatic heterocycles. The Balaban J connectivity index is 1.57. The molecule has 1 heterocycles. The number of hydrogen-bond donors (Lipinski definition) is 1.